The second kappa shape index (κ2) is 8.80. The lowest BCUT2D eigenvalue weighted by Gasteiger charge is -2.33. The molecule has 0 bridgehead atoms. The normalized spacial score (nSPS) is 20.4. The Morgan fingerprint density at radius 1 is 0.435 bits per heavy atom. The van der Waals surface area contributed by atoms with Gasteiger partial charge in [0.1, 0.15) is 23.5 Å². The van der Waals surface area contributed by atoms with Crippen LogP contribution >= 0.6 is 0 Å². The number of nitrogens with zero attached hydrogens (tertiary/aromatic N) is 4. The van der Waals surface area contributed by atoms with Crippen molar-refractivity contribution in [3.63, 3.8) is 0 Å². The Hall–Kier alpha value is -6.00. The van der Waals surface area contributed by atoms with E-state index in [1.54, 1.807) is 0 Å². The van der Waals surface area contributed by atoms with Crippen LogP contribution in [0.25, 0.3) is 11.1 Å². The van der Waals surface area contributed by atoms with Crippen LogP contribution < -0.4 is 19.0 Å². The molecule has 2 aliphatic carbocycles. The van der Waals surface area contributed by atoms with E-state index < -0.39 is 0 Å². The number of fused-ring (bicyclic) bond motifs is 10. The summed E-state index contributed by atoms with van der Waals surface area (Å²) in [5, 5.41) is 0. The maximum atomic E-state index is 2.53. The third-order valence-electron chi connectivity index (χ3n) is 10.3. The van der Waals surface area contributed by atoms with Gasteiger partial charge in [0, 0.05) is 47.5 Å². The summed E-state index contributed by atoms with van der Waals surface area (Å²) in [7, 11) is 0. The Kier molecular flexibility index (Phi) is 4.66. The number of benzene rings is 5. The van der Waals surface area contributed by atoms with Crippen molar-refractivity contribution in [3.8, 4) is 0 Å². The molecule has 5 aromatic rings. The molecule has 0 amide bonds. The highest BCUT2D eigenvalue weighted by molar-refractivity contribution is 6.22. The molecule has 214 valence electrons. The van der Waals surface area contributed by atoms with Gasteiger partial charge in [0.25, 0.3) is 0 Å². The average Bonchev–Trinajstić information content (AvgIpc) is 3.64. The van der Waals surface area contributed by atoms with E-state index in [1.807, 2.05) is 0 Å². The standard InChI is InChI=1S/C42H28N4/c1-3-18-33-29(14-1)31-16-10-24-39-41(31)45(33)37-22-7-5-20-35(37)43(39)27-12-9-13-28(26-27)44-36-21-6-8-23-38(36)46-34-19-4-2-15-30(34)32-17-11-25-40(44)42(32)46/h1-26,41-42H/q+2. The van der Waals surface area contributed by atoms with Gasteiger partial charge in [0.05, 0.1) is 17.4 Å². The fraction of sp³-hybridized carbons (Fsp3) is 0.0476. The summed E-state index contributed by atoms with van der Waals surface area (Å²) >= 11 is 0. The first-order valence-electron chi connectivity index (χ1n) is 16.0. The Labute approximate surface area is 267 Å². The first kappa shape index (κ1) is 24.3. The topological polar surface area (TPSA) is 12.5 Å². The molecule has 4 nitrogen and oxygen atoms in total. The zero-order valence-corrected chi connectivity index (χ0v) is 25.0. The molecule has 0 saturated carbocycles. The van der Waals surface area contributed by atoms with Crippen LogP contribution in [0.2, 0.25) is 0 Å². The molecule has 2 atom stereocenters. The summed E-state index contributed by atoms with van der Waals surface area (Å²) < 4.78 is 4.96. The molecule has 5 aromatic carbocycles. The van der Waals surface area contributed by atoms with Gasteiger partial charge < -0.3 is 9.80 Å². The molecular formula is C42H28N4+2. The molecule has 0 saturated heterocycles. The van der Waals surface area contributed by atoms with Crippen LogP contribution in [0.5, 0.6) is 0 Å². The van der Waals surface area contributed by atoms with Crippen molar-refractivity contribution in [2.75, 3.05) is 9.80 Å². The molecule has 6 aliphatic rings. The van der Waals surface area contributed by atoms with E-state index in [2.05, 4.69) is 177 Å². The van der Waals surface area contributed by atoms with Crippen molar-refractivity contribution in [3.05, 3.63) is 169 Å². The molecule has 4 heterocycles. The summed E-state index contributed by atoms with van der Waals surface area (Å²) in [6.45, 7) is 0. The molecule has 46 heavy (non-hydrogen) atoms. The number of para-hydroxylation sites is 6. The third-order valence-corrected chi connectivity index (χ3v) is 10.3. The fourth-order valence-electron chi connectivity index (χ4n) is 8.61. The van der Waals surface area contributed by atoms with Crippen molar-refractivity contribution in [2.45, 2.75) is 12.1 Å². The SMILES string of the molecule is C1=CC2=[N+](c3cccc([N+]4=C5C=CC=C6c7ccccc7N(c7ccccc74)C65)c3)c3ccccc3N3c4ccccc4C(=C1)C23. The molecule has 2 unspecified atom stereocenters. The van der Waals surface area contributed by atoms with Crippen LogP contribution in [-0.2, 0) is 0 Å². The molecule has 0 radical (unpaired) electrons. The summed E-state index contributed by atoms with van der Waals surface area (Å²) in [6.07, 6.45) is 13.6. The number of allylic oxidation sites excluding steroid dienone is 4. The van der Waals surface area contributed by atoms with Crippen LogP contribution in [0.4, 0.5) is 45.5 Å². The fourth-order valence-corrected chi connectivity index (χ4v) is 8.61. The first-order valence-corrected chi connectivity index (χ1v) is 16.0. The molecule has 0 fully saturated rings. The second-order valence-corrected chi connectivity index (χ2v) is 12.6. The van der Waals surface area contributed by atoms with Crippen LogP contribution in [0.3, 0.4) is 0 Å². The highest BCUT2D eigenvalue weighted by Crippen LogP contribution is 2.54. The van der Waals surface area contributed by atoms with Crippen LogP contribution in [0.1, 0.15) is 11.1 Å². The molecule has 11 rings (SSSR count). The van der Waals surface area contributed by atoms with Crippen molar-refractivity contribution in [1.29, 1.82) is 0 Å². The number of anilines is 4. The van der Waals surface area contributed by atoms with Crippen LogP contribution in [0.15, 0.2) is 158 Å². The Balaban J connectivity index is 1.14. The van der Waals surface area contributed by atoms with E-state index in [0.29, 0.717) is 0 Å². The summed E-state index contributed by atoms with van der Waals surface area (Å²) in [4.78, 5) is 5.05. The number of hydrogen-bond acceptors (Lipinski definition) is 2. The molecule has 0 spiro atoms. The minimum absolute atomic E-state index is 0.130. The molecule has 0 aromatic heterocycles. The van der Waals surface area contributed by atoms with Crippen LogP contribution in [0, 0.1) is 0 Å². The zero-order chi connectivity index (χ0) is 29.9. The highest BCUT2D eigenvalue weighted by atomic mass is 15.3. The maximum Gasteiger partial charge on any atom is 0.235 e. The van der Waals surface area contributed by atoms with Gasteiger partial charge >= 0.3 is 0 Å². The summed E-state index contributed by atoms with van der Waals surface area (Å²) in [6, 6.07) is 44.7. The van der Waals surface area contributed by atoms with Gasteiger partial charge in [-0.05, 0) is 41.5 Å². The lowest BCUT2D eigenvalue weighted by molar-refractivity contribution is 0.919. The maximum absolute atomic E-state index is 2.53. The van der Waals surface area contributed by atoms with Gasteiger partial charge in [-0.25, -0.2) is 0 Å². The van der Waals surface area contributed by atoms with E-state index >= 15 is 0 Å². The third kappa shape index (κ3) is 2.99. The Morgan fingerprint density at radius 3 is 1.37 bits per heavy atom. The van der Waals surface area contributed by atoms with E-state index in [4.69, 9.17) is 0 Å². The van der Waals surface area contributed by atoms with E-state index in [0.717, 1.165) is 11.4 Å². The van der Waals surface area contributed by atoms with Gasteiger partial charge in [-0.3, -0.25) is 0 Å². The van der Waals surface area contributed by atoms with Crippen molar-refractivity contribution < 1.29 is 0 Å². The van der Waals surface area contributed by atoms with Gasteiger partial charge in [-0.15, -0.1) is 0 Å². The monoisotopic (exact) mass is 588 g/mol. The number of hydrogen-bond donors (Lipinski definition) is 0. The first-order chi connectivity index (χ1) is 22.9. The smallest absolute Gasteiger partial charge is 0.235 e. The van der Waals surface area contributed by atoms with E-state index in [1.165, 1.54) is 67.8 Å². The summed E-state index contributed by atoms with van der Waals surface area (Å²) in [5.41, 5.74) is 17.6. The predicted molar refractivity (Wildman–Crippen MR) is 191 cm³/mol. The van der Waals surface area contributed by atoms with Crippen molar-refractivity contribution >= 4 is 68.1 Å². The minimum Gasteiger partial charge on any atom is -0.318 e. The van der Waals surface area contributed by atoms with Crippen molar-refractivity contribution in [2.24, 2.45) is 0 Å². The molecule has 0 N–H and O–H groups in total. The lowest BCUT2D eigenvalue weighted by Crippen LogP contribution is -2.44. The quantitative estimate of drug-likeness (QED) is 0.191. The second-order valence-electron chi connectivity index (χ2n) is 12.6. The van der Waals surface area contributed by atoms with Crippen LogP contribution in [-0.4, -0.2) is 23.5 Å². The molecule has 4 aliphatic heterocycles. The van der Waals surface area contributed by atoms with E-state index in [9.17, 15) is 0 Å². The minimum atomic E-state index is 0.130. The van der Waals surface area contributed by atoms with Gasteiger partial charge in [-0.1, -0.05) is 85.0 Å². The van der Waals surface area contributed by atoms with Crippen molar-refractivity contribution in [1.82, 2.24) is 9.15 Å². The largest absolute Gasteiger partial charge is 0.318 e. The molecular weight excluding hydrogens is 560 g/mol. The van der Waals surface area contributed by atoms with Gasteiger partial charge in [0.2, 0.25) is 34.2 Å². The predicted octanol–water partition coefficient (Wildman–Crippen LogP) is 9.21. The Morgan fingerprint density at radius 2 is 0.870 bits per heavy atom. The summed E-state index contributed by atoms with van der Waals surface area (Å²) in [5.74, 6) is 0. The number of rotatable bonds is 2. The van der Waals surface area contributed by atoms with E-state index in [-0.39, 0.29) is 12.1 Å². The zero-order valence-electron chi connectivity index (χ0n) is 25.0. The highest BCUT2D eigenvalue weighted by Gasteiger charge is 2.50. The average molecular weight is 589 g/mol. The Bertz CT molecular complexity index is 2240. The molecule has 4 heteroatoms. The van der Waals surface area contributed by atoms with Gasteiger partial charge in [0.15, 0.2) is 0 Å². The van der Waals surface area contributed by atoms with Gasteiger partial charge in [-0.2, -0.15) is 9.15 Å². The lowest BCUT2D eigenvalue weighted by atomic mass is 9.92.